The lowest BCUT2D eigenvalue weighted by atomic mass is 10.1. The van der Waals surface area contributed by atoms with E-state index < -0.39 is 17.4 Å². The topological polar surface area (TPSA) is 92.4 Å². The van der Waals surface area contributed by atoms with E-state index >= 15 is 0 Å². The van der Waals surface area contributed by atoms with Gasteiger partial charge in [0.05, 0.1) is 0 Å². The van der Waals surface area contributed by atoms with E-state index in [4.69, 9.17) is 9.63 Å². The Bertz CT molecular complexity index is 395. The summed E-state index contributed by atoms with van der Waals surface area (Å²) in [7, 11) is 0. The van der Waals surface area contributed by atoms with E-state index in [0.29, 0.717) is 5.76 Å². The second-order valence-corrected chi connectivity index (χ2v) is 3.71. The highest BCUT2D eigenvalue weighted by molar-refractivity contribution is 5.96. The molecule has 0 unspecified atom stereocenters. The van der Waals surface area contributed by atoms with Crippen LogP contribution in [0.15, 0.2) is 10.6 Å². The van der Waals surface area contributed by atoms with Crippen LogP contribution < -0.4 is 5.32 Å². The van der Waals surface area contributed by atoms with Crippen molar-refractivity contribution in [1.29, 1.82) is 0 Å². The molecule has 1 heterocycles. The molecule has 1 rings (SSSR count). The highest BCUT2D eigenvalue weighted by Crippen LogP contribution is 2.06. The van der Waals surface area contributed by atoms with Crippen LogP contribution in [-0.2, 0) is 4.79 Å². The molecule has 6 heteroatoms. The lowest BCUT2D eigenvalue weighted by Crippen LogP contribution is -2.49. The summed E-state index contributed by atoms with van der Waals surface area (Å²) in [5.74, 6) is -1.19. The second-order valence-electron chi connectivity index (χ2n) is 3.71. The van der Waals surface area contributed by atoms with E-state index in [1.54, 1.807) is 6.92 Å². The second kappa shape index (κ2) is 3.72. The SMILES string of the molecule is Cc1cc(C(=O)NC(C)(C)C(=O)O)no1. The number of carboxylic acids is 1. The first-order chi connectivity index (χ1) is 6.83. The molecule has 0 aliphatic heterocycles. The van der Waals surface area contributed by atoms with E-state index in [1.807, 2.05) is 0 Å². The molecule has 2 N–H and O–H groups in total. The van der Waals surface area contributed by atoms with Gasteiger partial charge >= 0.3 is 5.97 Å². The van der Waals surface area contributed by atoms with Crippen LogP contribution in [0.5, 0.6) is 0 Å². The first-order valence-corrected chi connectivity index (χ1v) is 4.32. The predicted octanol–water partition coefficient (Wildman–Crippen LogP) is 0.576. The first-order valence-electron chi connectivity index (χ1n) is 4.32. The summed E-state index contributed by atoms with van der Waals surface area (Å²) >= 11 is 0. The Morgan fingerprint density at radius 1 is 1.53 bits per heavy atom. The summed E-state index contributed by atoms with van der Waals surface area (Å²) in [4.78, 5) is 22.2. The van der Waals surface area contributed by atoms with Crippen LogP contribution in [0.3, 0.4) is 0 Å². The summed E-state index contributed by atoms with van der Waals surface area (Å²) in [6.07, 6.45) is 0. The minimum absolute atomic E-state index is 0.0711. The molecule has 82 valence electrons. The Labute approximate surface area is 86.3 Å². The van der Waals surface area contributed by atoms with Crippen molar-refractivity contribution >= 4 is 11.9 Å². The molecule has 0 fully saturated rings. The van der Waals surface area contributed by atoms with Gasteiger partial charge in [-0.3, -0.25) is 4.79 Å². The number of amides is 1. The van der Waals surface area contributed by atoms with Crippen LogP contribution in [-0.4, -0.2) is 27.7 Å². The van der Waals surface area contributed by atoms with E-state index in [9.17, 15) is 9.59 Å². The van der Waals surface area contributed by atoms with Crippen molar-refractivity contribution in [1.82, 2.24) is 10.5 Å². The highest BCUT2D eigenvalue weighted by Gasteiger charge is 2.30. The van der Waals surface area contributed by atoms with E-state index in [0.717, 1.165) is 0 Å². The quantitative estimate of drug-likeness (QED) is 0.764. The Morgan fingerprint density at radius 3 is 2.53 bits per heavy atom. The molecule has 0 aliphatic rings. The maximum atomic E-state index is 11.5. The van der Waals surface area contributed by atoms with Crippen molar-refractivity contribution < 1.29 is 19.2 Å². The number of rotatable bonds is 3. The van der Waals surface area contributed by atoms with Gasteiger partial charge in [0.1, 0.15) is 11.3 Å². The Kier molecular flexibility index (Phi) is 2.78. The smallest absolute Gasteiger partial charge is 0.328 e. The third-order valence-electron chi connectivity index (χ3n) is 1.82. The molecule has 0 saturated carbocycles. The van der Waals surface area contributed by atoms with Gasteiger partial charge in [-0.15, -0.1) is 0 Å². The van der Waals surface area contributed by atoms with Gasteiger partial charge in [-0.05, 0) is 20.8 Å². The molecule has 1 aromatic heterocycles. The van der Waals surface area contributed by atoms with Crippen LogP contribution in [0.4, 0.5) is 0 Å². The number of carbonyl (C=O) groups is 2. The van der Waals surface area contributed by atoms with Gasteiger partial charge in [-0.1, -0.05) is 5.16 Å². The summed E-state index contributed by atoms with van der Waals surface area (Å²) in [5.41, 5.74) is -1.26. The summed E-state index contributed by atoms with van der Waals surface area (Å²) in [6, 6.07) is 1.44. The van der Waals surface area contributed by atoms with Gasteiger partial charge in [0, 0.05) is 6.07 Å². The standard InChI is InChI=1S/C9H12N2O4/c1-5-4-6(11-15-5)7(12)10-9(2,3)8(13)14/h4H,1-3H3,(H,10,12)(H,13,14). The number of aliphatic carboxylic acids is 1. The van der Waals surface area contributed by atoms with Gasteiger partial charge in [0.2, 0.25) is 0 Å². The lowest BCUT2D eigenvalue weighted by molar-refractivity contribution is -0.143. The fraction of sp³-hybridized carbons (Fsp3) is 0.444. The Morgan fingerprint density at radius 2 is 2.13 bits per heavy atom. The molecule has 15 heavy (non-hydrogen) atoms. The predicted molar refractivity (Wildman–Crippen MR) is 50.4 cm³/mol. The van der Waals surface area contributed by atoms with Crippen molar-refractivity contribution in [3.05, 3.63) is 17.5 Å². The molecule has 0 atom stereocenters. The lowest BCUT2D eigenvalue weighted by Gasteiger charge is -2.19. The summed E-state index contributed by atoms with van der Waals surface area (Å²) in [5, 5.41) is 14.6. The zero-order chi connectivity index (χ0) is 11.6. The maximum absolute atomic E-state index is 11.5. The first kappa shape index (κ1) is 11.2. The van der Waals surface area contributed by atoms with E-state index in [-0.39, 0.29) is 5.69 Å². The van der Waals surface area contributed by atoms with Gasteiger partial charge in [-0.25, -0.2) is 4.79 Å². The minimum Gasteiger partial charge on any atom is -0.480 e. The van der Waals surface area contributed by atoms with E-state index in [2.05, 4.69) is 10.5 Å². The van der Waals surface area contributed by atoms with Gasteiger partial charge in [0.15, 0.2) is 5.69 Å². The van der Waals surface area contributed by atoms with E-state index in [1.165, 1.54) is 19.9 Å². The molecular weight excluding hydrogens is 200 g/mol. The zero-order valence-corrected chi connectivity index (χ0v) is 8.70. The van der Waals surface area contributed by atoms with Crippen molar-refractivity contribution in [2.45, 2.75) is 26.3 Å². The molecule has 0 aromatic carbocycles. The Hall–Kier alpha value is -1.85. The number of carboxylic acid groups (broad SMARTS) is 1. The molecular formula is C9H12N2O4. The number of hydrogen-bond acceptors (Lipinski definition) is 4. The van der Waals surface area contributed by atoms with Gasteiger partial charge in [0.25, 0.3) is 5.91 Å². The number of nitrogens with one attached hydrogen (secondary N) is 1. The molecule has 0 bridgehead atoms. The normalized spacial score (nSPS) is 11.1. The van der Waals surface area contributed by atoms with Crippen molar-refractivity contribution in [2.75, 3.05) is 0 Å². The van der Waals surface area contributed by atoms with Crippen LogP contribution in [0.1, 0.15) is 30.1 Å². The molecule has 0 spiro atoms. The zero-order valence-electron chi connectivity index (χ0n) is 8.70. The number of nitrogens with zero attached hydrogens (tertiary/aromatic N) is 1. The number of carbonyl (C=O) groups excluding carboxylic acids is 1. The summed E-state index contributed by atoms with van der Waals surface area (Å²) in [6.45, 7) is 4.42. The fourth-order valence-corrected chi connectivity index (χ4v) is 0.875. The van der Waals surface area contributed by atoms with Crippen LogP contribution >= 0.6 is 0 Å². The molecule has 0 aliphatic carbocycles. The number of aryl methyl sites for hydroxylation is 1. The number of hydrogen-bond donors (Lipinski definition) is 2. The summed E-state index contributed by atoms with van der Waals surface area (Å²) < 4.78 is 4.70. The van der Waals surface area contributed by atoms with Crippen molar-refractivity contribution in [3.8, 4) is 0 Å². The molecule has 1 amide bonds. The average Bonchev–Trinajstić information content (AvgIpc) is 2.50. The maximum Gasteiger partial charge on any atom is 0.328 e. The van der Waals surface area contributed by atoms with Crippen molar-refractivity contribution in [2.24, 2.45) is 0 Å². The monoisotopic (exact) mass is 212 g/mol. The highest BCUT2D eigenvalue weighted by atomic mass is 16.5. The average molecular weight is 212 g/mol. The van der Waals surface area contributed by atoms with Crippen molar-refractivity contribution in [3.63, 3.8) is 0 Å². The third kappa shape index (κ3) is 2.55. The molecule has 0 radical (unpaired) electrons. The number of aromatic nitrogens is 1. The third-order valence-corrected chi connectivity index (χ3v) is 1.82. The molecule has 0 saturated heterocycles. The van der Waals surface area contributed by atoms with Gasteiger partial charge in [-0.2, -0.15) is 0 Å². The van der Waals surface area contributed by atoms with Crippen LogP contribution in [0, 0.1) is 6.92 Å². The fourth-order valence-electron chi connectivity index (χ4n) is 0.875. The molecule has 1 aromatic rings. The van der Waals surface area contributed by atoms with Gasteiger partial charge < -0.3 is 14.9 Å². The Balaban J connectivity index is 2.76. The molecule has 6 nitrogen and oxygen atoms in total. The van der Waals surface area contributed by atoms with Crippen LogP contribution in [0.2, 0.25) is 0 Å². The minimum atomic E-state index is -1.33. The van der Waals surface area contributed by atoms with Crippen LogP contribution in [0.25, 0.3) is 0 Å². The largest absolute Gasteiger partial charge is 0.480 e.